The fourth-order valence-electron chi connectivity index (χ4n) is 0.838. The molecule has 1 rings (SSSR count). The third kappa shape index (κ3) is 1.40. The van der Waals surface area contributed by atoms with Gasteiger partial charge in [0.1, 0.15) is 11.9 Å². The molecule has 0 aliphatic rings. The summed E-state index contributed by atoms with van der Waals surface area (Å²) in [6, 6.07) is 3.47. The first-order chi connectivity index (χ1) is 5.16. The molecular formula is C8H9ClO2. The molecule has 1 aromatic rings. The molecule has 0 aliphatic heterocycles. The SMILES string of the molecule is Cc1ccc(OCl)c(O)c1C. The first-order valence-corrected chi connectivity index (χ1v) is 3.55. The van der Waals surface area contributed by atoms with E-state index in [0.29, 0.717) is 5.75 Å². The lowest BCUT2D eigenvalue weighted by atomic mass is 10.1. The molecule has 0 amide bonds. The molecule has 0 spiro atoms. The first-order valence-electron chi connectivity index (χ1n) is 3.24. The molecule has 0 unspecified atom stereocenters. The highest BCUT2D eigenvalue weighted by atomic mass is 35.5. The zero-order valence-electron chi connectivity index (χ0n) is 6.39. The summed E-state index contributed by atoms with van der Waals surface area (Å²) in [5, 5.41) is 9.37. The number of hydrogen-bond donors (Lipinski definition) is 1. The standard InChI is InChI=1S/C8H9ClO2/c1-5-3-4-7(11-9)8(10)6(5)2/h3-4,10H,1-2H3. The van der Waals surface area contributed by atoms with Crippen LogP contribution in [0.25, 0.3) is 0 Å². The predicted octanol–water partition coefficient (Wildman–Crippen LogP) is 2.54. The van der Waals surface area contributed by atoms with E-state index in [2.05, 4.69) is 4.29 Å². The van der Waals surface area contributed by atoms with E-state index in [0.717, 1.165) is 11.1 Å². The van der Waals surface area contributed by atoms with Gasteiger partial charge in [-0.2, -0.15) is 0 Å². The van der Waals surface area contributed by atoms with E-state index in [1.165, 1.54) is 0 Å². The van der Waals surface area contributed by atoms with Crippen LogP contribution < -0.4 is 4.29 Å². The smallest absolute Gasteiger partial charge is 0.188 e. The van der Waals surface area contributed by atoms with Crippen LogP contribution >= 0.6 is 11.9 Å². The summed E-state index contributed by atoms with van der Waals surface area (Å²) in [4.78, 5) is 0. The zero-order valence-corrected chi connectivity index (χ0v) is 7.14. The van der Waals surface area contributed by atoms with Crippen LogP contribution in [0.2, 0.25) is 0 Å². The second-order valence-electron chi connectivity index (χ2n) is 2.43. The second kappa shape index (κ2) is 3.01. The number of aromatic hydroxyl groups is 1. The maximum Gasteiger partial charge on any atom is 0.188 e. The van der Waals surface area contributed by atoms with E-state index < -0.39 is 0 Å². The van der Waals surface area contributed by atoms with Crippen molar-refractivity contribution in [2.24, 2.45) is 0 Å². The third-order valence-electron chi connectivity index (χ3n) is 1.75. The Morgan fingerprint density at radius 3 is 2.55 bits per heavy atom. The molecule has 60 valence electrons. The lowest BCUT2D eigenvalue weighted by Gasteiger charge is -2.05. The summed E-state index contributed by atoms with van der Waals surface area (Å²) in [5.41, 5.74) is 1.81. The van der Waals surface area contributed by atoms with Gasteiger partial charge < -0.3 is 9.40 Å². The molecule has 1 N–H and O–H groups in total. The van der Waals surface area contributed by atoms with Crippen LogP contribution in [0.5, 0.6) is 11.5 Å². The van der Waals surface area contributed by atoms with Crippen LogP contribution in [0.1, 0.15) is 11.1 Å². The van der Waals surface area contributed by atoms with Crippen molar-refractivity contribution in [1.29, 1.82) is 0 Å². The molecule has 0 fully saturated rings. The second-order valence-corrected chi connectivity index (χ2v) is 2.59. The molecule has 0 radical (unpaired) electrons. The van der Waals surface area contributed by atoms with E-state index in [4.69, 9.17) is 11.9 Å². The molecule has 0 atom stereocenters. The Bertz CT molecular complexity index is 271. The Morgan fingerprint density at radius 2 is 2.00 bits per heavy atom. The molecular weight excluding hydrogens is 164 g/mol. The zero-order chi connectivity index (χ0) is 8.43. The minimum absolute atomic E-state index is 0.111. The fourth-order valence-corrected chi connectivity index (χ4v) is 0.963. The largest absolute Gasteiger partial charge is 0.504 e. The number of hydrogen-bond acceptors (Lipinski definition) is 2. The number of aryl methyl sites for hydroxylation is 1. The number of phenols is 1. The van der Waals surface area contributed by atoms with E-state index in [9.17, 15) is 5.11 Å². The lowest BCUT2D eigenvalue weighted by molar-refractivity contribution is 0.442. The summed E-state index contributed by atoms with van der Waals surface area (Å²) >= 11 is 5.10. The number of benzene rings is 1. The van der Waals surface area contributed by atoms with Gasteiger partial charge in [-0.25, -0.2) is 0 Å². The van der Waals surface area contributed by atoms with E-state index in [1.807, 2.05) is 19.9 Å². The molecule has 3 heteroatoms. The van der Waals surface area contributed by atoms with Gasteiger partial charge in [0.15, 0.2) is 11.5 Å². The molecule has 0 aromatic heterocycles. The minimum atomic E-state index is 0.111. The Hall–Kier alpha value is -0.890. The average Bonchev–Trinajstić information content (AvgIpc) is 2.01. The Kier molecular flexibility index (Phi) is 2.25. The van der Waals surface area contributed by atoms with Crippen LogP contribution in [0.4, 0.5) is 0 Å². The molecule has 0 saturated heterocycles. The summed E-state index contributed by atoms with van der Waals surface area (Å²) < 4.78 is 4.40. The highest BCUT2D eigenvalue weighted by Crippen LogP contribution is 2.31. The lowest BCUT2D eigenvalue weighted by Crippen LogP contribution is -1.84. The predicted molar refractivity (Wildman–Crippen MR) is 44.1 cm³/mol. The monoisotopic (exact) mass is 172 g/mol. The fraction of sp³-hybridized carbons (Fsp3) is 0.250. The Labute approximate surface area is 70.5 Å². The van der Waals surface area contributed by atoms with Crippen molar-refractivity contribution >= 4 is 11.9 Å². The molecule has 0 bridgehead atoms. The third-order valence-corrected chi connectivity index (χ3v) is 1.91. The van der Waals surface area contributed by atoms with Crippen molar-refractivity contribution in [2.75, 3.05) is 0 Å². The van der Waals surface area contributed by atoms with Gasteiger partial charge in [-0.15, -0.1) is 0 Å². The van der Waals surface area contributed by atoms with Crippen molar-refractivity contribution in [2.45, 2.75) is 13.8 Å². The summed E-state index contributed by atoms with van der Waals surface area (Å²) in [5.74, 6) is 0.412. The highest BCUT2D eigenvalue weighted by Gasteiger charge is 2.06. The normalized spacial score (nSPS) is 9.73. The van der Waals surface area contributed by atoms with Gasteiger partial charge >= 0.3 is 0 Å². The van der Waals surface area contributed by atoms with Crippen molar-refractivity contribution in [3.63, 3.8) is 0 Å². The number of phenolic OH excluding ortho intramolecular Hbond substituents is 1. The molecule has 0 heterocycles. The topological polar surface area (TPSA) is 29.5 Å². The maximum atomic E-state index is 9.37. The van der Waals surface area contributed by atoms with E-state index in [-0.39, 0.29) is 5.75 Å². The van der Waals surface area contributed by atoms with Crippen LogP contribution in [0.3, 0.4) is 0 Å². The Morgan fingerprint density at radius 1 is 1.36 bits per heavy atom. The quantitative estimate of drug-likeness (QED) is 0.706. The summed E-state index contributed by atoms with van der Waals surface area (Å²) in [6.07, 6.45) is 0. The van der Waals surface area contributed by atoms with Crippen LogP contribution in [-0.4, -0.2) is 5.11 Å². The number of rotatable bonds is 1. The van der Waals surface area contributed by atoms with Gasteiger partial charge in [-0.1, -0.05) is 6.07 Å². The molecule has 0 saturated carbocycles. The van der Waals surface area contributed by atoms with Gasteiger partial charge in [0, 0.05) is 0 Å². The van der Waals surface area contributed by atoms with Gasteiger partial charge in [0.2, 0.25) is 0 Å². The average molecular weight is 173 g/mol. The van der Waals surface area contributed by atoms with Crippen LogP contribution in [-0.2, 0) is 0 Å². The van der Waals surface area contributed by atoms with E-state index >= 15 is 0 Å². The van der Waals surface area contributed by atoms with Crippen molar-refractivity contribution in [3.05, 3.63) is 23.3 Å². The van der Waals surface area contributed by atoms with Crippen LogP contribution in [0.15, 0.2) is 12.1 Å². The van der Waals surface area contributed by atoms with Gasteiger partial charge in [-0.3, -0.25) is 0 Å². The van der Waals surface area contributed by atoms with Crippen molar-refractivity contribution in [3.8, 4) is 11.5 Å². The minimum Gasteiger partial charge on any atom is -0.504 e. The molecule has 11 heavy (non-hydrogen) atoms. The maximum absolute atomic E-state index is 9.37. The molecule has 0 aliphatic carbocycles. The summed E-state index contributed by atoms with van der Waals surface area (Å²) in [7, 11) is 0. The van der Waals surface area contributed by atoms with Crippen molar-refractivity contribution in [1.82, 2.24) is 0 Å². The van der Waals surface area contributed by atoms with Crippen LogP contribution in [0, 0.1) is 13.8 Å². The van der Waals surface area contributed by atoms with Gasteiger partial charge in [-0.05, 0) is 31.0 Å². The number of halogens is 1. The van der Waals surface area contributed by atoms with Gasteiger partial charge in [0.05, 0.1) is 0 Å². The van der Waals surface area contributed by atoms with E-state index in [1.54, 1.807) is 6.07 Å². The van der Waals surface area contributed by atoms with Crippen molar-refractivity contribution < 1.29 is 9.40 Å². The van der Waals surface area contributed by atoms with Gasteiger partial charge in [0.25, 0.3) is 0 Å². The Balaban J connectivity index is 3.25. The highest BCUT2D eigenvalue weighted by molar-refractivity contribution is 6.09. The molecule has 2 nitrogen and oxygen atoms in total. The first kappa shape index (κ1) is 8.21. The summed E-state index contributed by atoms with van der Waals surface area (Å²) in [6.45, 7) is 3.72. The molecule has 1 aromatic carbocycles.